The van der Waals surface area contributed by atoms with Gasteiger partial charge in [-0.1, -0.05) is 48.5 Å². The SMILES string of the molecule is CNC(=O)[C@H](CCCc1ccccc1)NC(=O)C1CN(C(=O)Cc2cn(CCOC)c3ccccc23)CC2CN(C(=O)c3ccc(OC(C)C)c(OC)c3)CC21. The Morgan fingerprint density at radius 2 is 1.62 bits per heavy atom. The number of methoxy groups -OCH3 is 2. The van der Waals surface area contributed by atoms with Crippen LogP contribution in [0, 0.1) is 17.8 Å². The van der Waals surface area contributed by atoms with E-state index in [0.29, 0.717) is 62.7 Å². The highest BCUT2D eigenvalue weighted by atomic mass is 16.5. The van der Waals surface area contributed by atoms with Crippen molar-refractivity contribution in [3.05, 3.63) is 95.7 Å². The number of fused-ring (bicyclic) bond motifs is 2. The number of likely N-dealkylation sites (tertiary alicyclic amines) is 2. The Bertz CT molecular complexity index is 2000. The predicted molar refractivity (Wildman–Crippen MR) is 215 cm³/mol. The van der Waals surface area contributed by atoms with Crippen LogP contribution in [0.15, 0.2) is 79.0 Å². The molecule has 2 saturated heterocycles. The van der Waals surface area contributed by atoms with E-state index in [1.807, 2.05) is 62.5 Å². The second-order valence-electron chi connectivity index (χ2n) is 15.2. The van der Waals surface area contributed by atoms with Crippen LogP contribution >= 0.6 is 0 Å². The van der Waals surface area contributed by atoms with Crippen molar-refractivity contribution in [2.75, 3.05) is 54.1 Å². The molecule has 0 spiro atoms. The zero-order valence-electron chi connectivity index (χ0n) is 33.2. The van der Waals surface area contributed by atoms with Gasteiger partial charge in [-0.15, -0.1) is 0 Å². The van der Waals surface area contributed by atoms with Gasteiger partial charge in [0, 0.05) is 69.5 Å². The van der Waals surface area contributed by atoms with Crippen LogP contribution in [0.3, 0.4) is 0 Å². The Balaban J connectivity index is 1.23. The summed E-state index contributed by atoms with van der Waals surface area (Å²) in [6, 6.07) is 22.5. The molecule has 298 valence electrons. The molecule has 0 saturated carbocycles. The molecule has 0 radical (unpaired) electrons. The molecule has 2 aliphatic heterocycles. The number of carbonyl (C=O) groups is 4. The first-order chi connectivity index (χ1) is 27.1. The molecule has 2 N–H and O–H groups in total. The number of hydrogen-bond acceptors (Lipinski definition) is 7. The molecule has 3 aromatic carbocycles. The number of para-hydroxylation sites is 1. The smallest absolute Gasteiger partial charge is 0.254 e. The predicted octanol–water partition coefficient (Wildman–Crippen LogP) is 4.73. The van der Waals surface area contributed by atoms with E-state index in [9.17, 15) is 19.2 Å². The van der Waals surface area contributed by atoms with Crippen molar-refractivity contribution in [2.24, 2.45) is 17.8 Å². The summed E-state index contributed by atoms with van der Waals surface area (Å²) in [4.78, 5) is 59.4. The molecular weight excluding hydrogens is 711 g/mol. The first-order valence-corrected chi connectivity index (χ1v) is 19.6. The minimum absolute atomic E-state index is 0.0675. The largest absolute Gasteiger partial charge is 0.493 e. The zero-order chi connectivity index (χ0) is 39.8. The van der Waals surface area contributed by atoms with Gasteiger partial charge in [0.05, 0.1) is 32.2 Å². The first kappa shape index (κ1) is 40.3. The van der Waals surface area contributed by atoms with Crippen LogP contribution in [0.25, 0.3) is 10.9 Å². The summed E-state index contributed by atoms with van der Waals surface area (Å²) in [7, 11) is 4.78. The van der Waals surface area contributed by atoms with Gasteiger partial charge in [0.15, 0.2) is 11.5 Å². The highest BCUT2D eigenvalue weighted by Crippen LogP contribution is 2.38. The lowest BCUT2D eigenvalue weighted by Gasteiger charge is -2.40. The number of ether oxygens (including phenoxy) is 3. The molecule has 0 aliphatic carbocycles. The summed E-state index contributed by atoms with van der Waals surface area (Å²) in [5.41, 5.74) is 3.55. The van der Waals surface area contributed by atoms with Crippen molar-refractivity contribution < 1.29 is 33.4 Å². The third-order valence-electron chi connectivity index (χ3n) is 11.1. The summed E-state index contributed by atoms with van der Waals surface area (Å²) in [6.45, 7) is 6.39. The summed E-state index contributed by atoms with van der Waals surface area (Å²) >= 11 is 0. The number of piperidine rings is 1. The standard InChI is InChI=1S/C44H55N5O7/c1-29(2)56-39-19-18-31(22-40(39)55-5)44(53)49-26-33-25-48(41(50)23-32-24-47(20-21-54-4)38-17-10-9-15-34(32)38)28-36(35(33)27-49)42(51)46-37(43(52)45-3)16-11-14-30-12-7-6-8-13-30/h6-10,12-13,15,17-19,22,24,29,33,35-37H,11,14,16,20-21,23,25-28H2,1-5H3,(H,45,52)(H,46,51)/t33?,35?,36?,37-/m0/s1. The normalized spacial score (nSPS) is 18.4. The third-order valence-corrected chi connectivity index (χ3v) is 11.1. The minimum Gasteiger partial charge on any atom is -0.493 e. The van der Waals surface area contributed by atoms with E-state index in [1.165, 1.54) is 0 Å². The number of nitrogens with zero attached hydrogens (tertiary/aromatic N) is 3. The van der Waals surface area contributed by atoms with Gasteiger partial charge in [-0.3, -0.25) is 19.2 Å². The Morgan fingerprint density at radius 1 is 0.875 bits per heavy atom. The van der Waals surface area contributed by atoms with Crippen molar-refractivity contribution in [2.45, 2.75) is 58.2 Å². The van der Waals surface area contributed by atoms with Gasteiger partial charge < -0.3 is 39.2 Å². The highest BCUT2D eigenvalue weighted by Gasteiger charge is 2.48. The zero-order valence-corrected chi connectivity index (χ0v) is 33.2. The number of amides is 4. The lowest BCUT2D eigenvalue weighted by Crippen LogP contribution is -2.56. The fourth-order valence-electron chi connectivity index (χ4n) is 8.25. The molecule has 0 bridgehead atoms. The average molecular weight is 766 g/mol. The summed E-state index contributed by atoms with van der Waals surface area (Å²) in [6.07, 6.45) is 4.05. The van der Waals surface area contributed by atoms with E-state index in [-0.39, 0.29) is 54.5 Å². The molecule has 12 nitrogen and oxygen atoms in total. The number of nitrogens with one attached hydrogen (secondary N) is 2. The van der Waals surface area contributed by atoms with E-state index in [4.69, 9.17) is 14.2 Å². The third kappa shape index (κ3) is 9.35. The van der Waals surface area contributed by atoms with Crippen LogP contribution in [0.4, 0.5) is 0 Å². The fourth-order valence-corrected chi connectivity index (χ4v) is 8.25. The van der Waals surface area contributed by atoms with Crippen molar-refractivity contribution in [3.63, 3.8) is 0 Å². The molecule has 3 unspecified atom stereocenters. The van der Waals surface area contributed by atoms with Crippen LogP contribution in [-0.4, -0.2) is 104 Å². The second kappa shape index (κ2) is 18.5. The Labute approximate surface area is 329 Å². The second-order valence-corrected chi connectivity index (χ2v) is 15.2. The van der Waals surface area contributed by atoms with E-state index >= 15 is 0 Å². The van der Waals surface area contributed by atoms with Gasteiger partial charge in [-0.2, -0.15) is 0 Å². The van der Waals surface area contributed by atoms with Crippen LogP contribution in [0.5, 0.6) is 11.5 Å². The first-order valence-electron chi connectivity index (χ1n) is 19.6. The molecule has 56 heavy (non-hydrogen) atoms. The summed E-state index contributed by atoms with van der Waals surface area (Å²) in [5, 5.41) is 6.79. The van der Waals surface area contributed by atoms with Crippen molar-refractivity contribution in [1.82, 2.24) is 25.0 Å². The Kier molecular flexibility index (Phi) is 13.3. The maximum absolute atomic E-state index is 14.4. The molecule has 6 rings (SSSR count). The van der Waals surface area contributed by atoms with Crippen LogP contribution in [-0.2, 0) is 38.5 Å². The minimum atomic E-state index is -0.739. The monoisotopic (exact) mass is 765 g/mol. The molecule has 4 atom stereocenters. The van der Waals surface area contributed by atoms with Crippen LogP contribution in [0.2, 0.25) is 0 Å². The van der Waals surface area contributed by atoms with Gasteiger partial charge in [0.25, 0.3) is 5.91 Å². The number of benzene rings is 3. The molecule has 3 heterocycles. The Morgan fingerprint density at radius 3 is 2.36 bits per heavy atom. The molecule has 12 heteroatoms. The molecule has 2 fully saturated rings. The van der Waals surface area contributed by atoms with Crippen LogP contribution in [0.1, 0.15) is 48.2 Å². The fraction of sp³-hybridized carbons (Fsp3) is 0.455. The van der Waals surface area contributed by atoms with Gasteiger partial charge in [0.1, 0.15) is 6.04 Å². The van der Waals surface area contributed by atoms with Gasteiger partial charge >= 0.3 is 0 Å². The maximum Gasteiger partial charge on any atom is 0.254 e. The molecule has 1 aromatic heterocycles. The lowest BCUT2D eigenvalue weighted by atomic mass is 9.79. The van der Waals surface area contributed by atoms with Gasteiger partial charge in [-0.25, -0.2) is 0 Å². The molecule has 4 aromatic rings. The van der Waals surface area contributed by atoms with E-state index in [2.05, 4.69) is 27.3 Å². The number of aryl methyl sites for hydroxylation is 1. The van der Waals surface area contributed by atoms with Crippen molar-refractivity contribution >= 4 is 34.5 Å². The van der Waals surface area contributed by atoms with Gasteiger partial charge in [-0.05, 0) is 80.3 Å². The van der Waals surface area contributed by atoms with E-state index in [1.54, 1.807) is 49.3 Å². The highest BCUT2D eigenvalue weighted by molar-refractivity contribution is 5.95. The quantitative estimate of drug-likeness (QED) is 0.169. The van der Waals surface area contributed by atoms with Crippen molar-refractivity contribution in [1.29, 1.82) is 0 Å². The van der Waals surface area contributed by atoms with Crippen molar-refractivity contribution in [3.8, 4) is 11.5 Å². The number of hydrogen-bond donors (Lipinski definition) is 2. The topological polar surface area (TPSA) is 131 Å². The molecule has 4 amide bonds. The average Bonchev–Trinajstić information content (AvgIpc) is 3.80. The lowest BCUT2D eigenvalue weighted by molar-refractivity contribution is -0.140. The number of carbonyl (C=O) groups excluding carboxylic acids is 4. The Hall–Kier alpha value is -5.36. The number of rotatable bonds is 16. The van der Waals surface area contributed by atoms with Crippen LogP contribution < -0.4 is 20.1 Å². The van der Waals surface area contributed by atoms with E-state index in [0.717, 1.165) is 28.5 Å². The number of likely N-dealkylation sites (N-methyl/N-ethyl adjacent to an activating group) is 1. The molecular formula is C44H55N5O7. The van der Waals surface area contributed by atoms with Gasteiger partial charge in [0.2, 0.25) is 17.7 Å². The molecule has 2 aliphatic rings. The summed E-state index contributed by atoms with van der Waals surface area (Å²) in [5.74, 6) is -0.780. The maximum atomic E-state index is 14.4. The van der Waals surface area contributed by atoms with E-state index < -0.39 is 12.0 Å². The number of aromatic nitrogens is 1. The summed E-state index contributed by atoms with van der Waals surface area (Å²) < 4.78 is 18.9.